The number of anilines is 1. The van der Waals surface area contributed by atoms with Crippen molar-refractivity contribution < 1.29 is 9.53 Å². The summed E-state index contributed by atoms with van der Waals surface area (Å²) in [5.41, 5.74) is 1.68. The number of nitriles is 1. The smallest absolute Gasteiger partial charge is 0.317 e. The van der Waals surface area contributed by atoms with E-state index in [1.165, 1.54) is 31.7 Å². The van der Waals surface area contributed by atoms with E-state index < -0.39 is 0 Å². The van der Waals surface area contributed by atoms with E-state index in [0.29, 0.717) is 43.6 Å². The average Bonchev–Trinajstić information content (AvgIpc) is 2.89. The molecule has 2 aliphatic heterocycles. The number of methoxy groups -OCH3 is 1. The maximum Gasteiger partial charge on any atom is 0.317 e. The number of hydrogen-bond acceptors (Lipinski definition) is 7. The van der Waals surface area contributed by atoms with E-state index in [2.05, 4.69) is 50.5 Å². The maximum atomic E-state index is 12.8. The molecule has 35 heavy (non-hydrogen) atoms. The normalized spacial score (nSPS) is 19.3. The summed E-state index contributed by atoms with van der Waals surface area (Å²) in [7, 11) is 1.49. The van der Waals surface area contributed by atoms with Crippen molar-refractivity contribution in [2.45, 2.75) is 38.8 Å². The minimum absolute atomic E-state index is 0.00279. The first-order valence-electron chi connectivity index (χ1n) is 12.4. The van der Waals surface area contributed by atoms with E-state index in [0.717, 1.165) is 26.1 Å². The van der Waals surface area contributed by atoms with Crippen molar-refractivity contribution in [2.75, 3.05) is 51.3 Å². The van der Waals surface area contributed by atoms with Crippen LogP contribution in [0.25, 0.3) is 0 Å². The first-order chi connectivity index (χ1) is 17.1. The van der Waals surface area contributed by atoms with Crippen molar-refractivity contribution in [1.29, 1.82) is 5.26 Å². The Hall–Kier alpha value is -3.38. The molecule has 2 saturated heterocycles. The number of rotatable bonds is 7. The van der Waals surface area contributed by atoms with Gasteiger partial charge < -0.3 is 19.9 Å². The molecule has 9 heteroatoms. The van der Waals surface area contributed by atoms with Gasteiger partial charge in [0.1, 0.15) is 11.6 Å². The fourth-order valence-corrected chi connectivity index (χ4v) is 4.94. The van der Waals surface area contributed by atoms with Crippen LogP contribution in [0.4, 0.5) is 10.7 Å². The molecule has 1 N–H and O–H groups in total. The van der Waals surface area contributed by atoms with Gasteiger partial charge >= 0.3 is 6.03 Å². The molecule has 2 fully saturated rings. The molecule has 0 aliphatic carbocycles. The average molecular weight is 478 g/mol. The Morgan fingerprint density at radius 1 is 1.20 bits per heavy atom. The Morgan fingerprint density at radius 2 is 1.97 bits per heavy atom. The third-order valence-corrected chi connectivity index (χ3v) is 7.01. The Balaban J connectivity index is 1.18. The zero-order chi connectivity index (χ0) is 24.6. The highest BCUT2D eigenvalue weighted by Crippen LogP contribution is 2.22. The molecule has 186 valence electrons. The fourth-order valence-electron chi connectivity index (χ4n) is 4.94. The van der Waals surface area contributed by atoms with Crippen molar-refractivity contribution in [2.24, 2.45) is 5.92 Å². The topological polar surface area (TPSA) is 97.6 Å². The minimum atomic E-state index is -0.00279. The first kappa shape index (κ1) is 24.7. The number of nitrogens with zero attached hydrogens (tertiary/aromatic N) is 6. The van der Waals surface area contributed by atoms with Crippen LogP contribution in [-0.2, 0) is 6.54 Å². The summed E-state index contributed by atoms with van der Waals surface area (Å²) in [5.74, 6) is 1.46. The molecule has 1 aromatic carbocycles. The van der Waals surface area contributed by atoms with Crippen LogP contribution < -0.4 is 15.0 Å². The van der Waals surface area contributed by atoms with Gasteiger partial charge in [0.05, 0.1) is 13.3 Å². The van der Waals surface area contributed by atoms with Crippen molar-refractivity contribution in [3.63, 3.8) is 0 Å². The molecule has 3 heterocycles. The lowest BCUT2D eigenvalue weighted by atomic mass is 9.93. The highest BCUT2D eigenvalue weighted by molar-refractivity contribution is 5.74. The predicted octanol–water partition coefficient (Wildman–Crippen LogP) is 2.88. The lowest BCUT2D eigenvalue weighted by Gasteiger charge is -2.39. The number of piperazine rings is 1. The SMILES string of the molecule is COc1nc(N2CCN(C(=O)NCCC3CCN(Cc4ccccc4)CC3)[C@H](C)C2)ncc1C#N. The summed E-state index contributed by atoms with van der Waals surface area (Å²) in [6.45, 7) is 7.86. The number of carbonyl (C=O) groups is 1. The summed E-state index contributed by atoms with van der Waals surface area (Å²) >= 11 is 0. The second kappa shape index (κ2) is 11.8. The highest BCUT2D eigenvalue weighted by Gasteiger charge is 2.29. The number of hydrogen-bond donors (Lipinski definition) is 1. The van der Waals surface area contributed by atoms with Crippen molar-refractivity contribution in [3.05, 3.63) is 47.7 Å². The molecule has 1 atom stereocenters. The summed E-state index contributed by atoms with van der Waals surface area (Å²) in [4.78, 5) is 28.0. The number of carbonyl (C=O) groups excluding carboxylic acids is 1. The van der Waals surface area contributed by atoms with E-state index in [1.807, 2.05) is 22.8 Å². The van der Waals surface area contributed by atoms with Gasteiger partial charge in [-0.25, -0.2) is 9.78 Å². The molecule has 0 unspecified atom stereocenters. The van der Waals surface area contributed by atoms with Gasteiger partial charge in [0.25, 0.3) is 0 Å². The second-order valence-electron chi connectivity index (χ2n) is 9.42. The fraction of sp³-hybridized carbons (Fsp3) is 0.538. The second-order valence-corrected chi connectivity index (χ2v) is 9.42. The molecular weight excluding hydrogens is 442 g/mol. The van der Waals surface area contributed by atoms with Crippen LogP contribution >= 0.6 is 0 Å². The lowest BCUT2D eigenvalue weighted by molar-refractivity contribution is 0.162. The summed E-state index contributed by atoms with van der Waals surface area (Å²) in [6.07, 6.45) is 4.88. The van der Waals surface area contributed by atoms with Crippen molar-refractivity contribution in [1.82, 2.24) is 25.1 Å². The van der Waals surface area contributed by atoms with Crippen LogP contribution in [-0.4, -0.2) is 78.2 Å². The van der Waals surface area contributed by atoms with Gasteiger partial charge in [-0.05, 0) is 50.8 Å². The maximum absolute atomic E-state index is 12.8. The van der Waals surface area contributed by atoms with E-state index in [1.54, 1.807) is 0 Å². The third kappa shape index (κ3) is 6.40. The van der Waals surface area contributed by atoms with Crippen LogP contribution in [0.2, 0.25) is 0 Å². The molecule has 1 aromatic heterocycles. The van der Waals surface area contributed by atoms with Crippen molar-refractivity contribution in [3.8, 4) is 11.9 Å². The van der Waals surface area contributed by atoms with Crippen LogP contribution in [0.5, 0.6) is 5.88 Å². The largest absolute Gasteiger partial charge is 0.480 e. The van der Waals surface area contributed by atoms with Gasteiger partial charge in [-0.3, -0.25) is 4.90 Å². The number of nitrogens with one attached hydrogen (secondary N) is 1. The van der Waals surface area contributed by atoms with Crippen molar-refractivity contribution >= 4 is 12.0 Å². The quantitative estimate of drug-likeness (QED) is 0.655. The number of urea groups is 1. The van der Waals surface area contributed by atoms with Gasteiger partial charge in [0.2, 0.25) is 11.8 Å². The number of aromatic nitrogens is 2. The molecule has 0 spiro atoms. The molecule has 9 nitrogen and oxygen atoms in total. The molecule has 0 radical (unpaired) electrons. The van der Waals surface area contributed by atoms with Crippen LogP contribution in [0.3, 0.4) is 0 Å². The first-order valence-corrected chi connectivity index (χ1v) is 12.4. The Kier molecular flexibility index (Phi) is 8.37. The number of piperidine rings is 1. The van der Waals surface area contributed by atoms with Gasteiger partial charge in [-0.15, -0.1) is 0 Å². The molecule has 0 saturated carbocycles. The summed E-state index contributed by atoms with van der Waals surface area (Å²) < 4.78 is 5.20. The summed E-state index contributed by atoms with van der Waals surface area (Å²) in [5, 5.41) is 12.3. The Morgan fingerprint density at radius 3 is 2.66 bits per heavy atom. The molecule has 4 rings (SSSR count). The Labute approximate surface area is 207 Å². The van der Waals surface area contributed by atoms with E-state index in [9.17, 15) is 4.79 Å². The third-order valence-electron chi connectivity index (χ3n) is 7.01. The number of likely N-dealkylation sites (tertiary alicyclic amines) is 1. The standard InChI is InChI=1S/C26H35N7O2/c1-20-18-32(25-29-17-23(16-27)24(30-25)35-2)14-15-33(20)26(34)28-11-8-21-9-12-31(13-10-21)19-22-6-4-3-5-7-22/h3-7,17,20-21H,8-15,18-19H2,1-2H3,(H,28,34)/t20-/m1/s1. The Bertz CT molecular complexity index is 1020. The van der Waals surface area contributed by atoms with Gasteiger partial charge in [0.15, 0.2) is 0 Å². The van der Waals surface area contributed by atoms with Gasteiger partial charge in [0, 0.05) is 38.8 Å². The molecule has 0 bridgehead atoms. The number of ether oxygens (including phenoxy) is 1. The van der Waals surface area contributed by atoms with Gasteiger partial charge in [-0.2, -0.15) is 10.2 Å². The molecule has 2 amide bonds. The molecule has 2 aliphatic rings. The number of benzene rings is 1. The lowest BCUT2D eigenvalue weighted by Crippen LogP contribution is -2.57. The zero-order valence-electron chi connectivity index (χ0n) is 20.7. The minimum Gasteiger partial charge on any atom is -0.480 e. The van der Waals surface area contributed by atoms with E-state index in [4.69, 9.17) is 10.00 Å². The predicted molar refractivity (Wildman–Crippen MR) is 134 cm³/mol. The van der Waals surface area contributed by atoms with E-state index >= 15 is 0 Å². The number of amides is 2. The van der Waals surface area contributed by atoms with Crippen LogP contribution in [0, 0.1) is 17.2 Å². The van der Waals surface area contributed by atoms with E-state index in [-0.39, 0.29) is 18.0 Å². The van der Waals surface area contributed by atoms with Crippen LogP contribution in [0.1, 0.15) is 37.3 Å². The highest BCUT2D eigenvalue weighted by atomic mass is 16.5. The molecular formula is C26H35N7O2. The van der Waals surface area contributed by atoms with Gasteiger partial charge in [-0.1, -0.05) is 30.3 Å². The summed E-state index contributed by atoms with van der Waals surface area (Å²) in [6, 6.07) is 12.7. The zero-order valence-corrected chi connectivity index (χ0v) is 20.7. The molecule has 2 aromatic rings. The monoisotopic (exact) mass is 477 g/mol. The van der Waals surface area contributed by atoms with Crippen LogP contribution in [0.15, 0.2) is 36.5 Å².